The predicted octanol–water partition coefficient (Wildman–Crippen LogP) is 3.17. The van der Waals surface area contributed by atoms with Crippen LogP contribution in [0.15, 0.2) is 25.7 Å². The van der Waals surface area contributed by atoms with Crippen LogP contribution in [0.2, 0.25) is 0 Å². The third-order valence-corrected chi connectivity index (χ3v) is 2.09. The molecule has 0 radical (unpaired) electrons. The molecule has 1 aliphatic rings. The van der Waals surface area contributed by atoms with Gasteiger partial charge in [0, 0.05) is 6.92 Å². The Balaban J connectivity index is 0.000000288. The van der Waals surface area contributed by atoms with E-state index in [1.165, 1.54) is 39.0 Å². The van der Waals surface area contributed by atoms with Gasteiger partial charge in [-0.25, -0.2) is 0 Å². The van der Waals surface area contributed by atoms with Gasteiger partial charge in [0.2, 0.25) is 0 Å². The van der Waals surface area contributed by atoms with Gasteiger partial charge in [-0.3, -0.25) is 4.79 Å². The summed E-state index contributed by atoms with van der Waals surface area (Å²) in [5.74, 6) is -0.329. The standard InChI is InChI=1S/C8H14O.C4H6O2/c1-2-9-8-6-4-3-5-7-8;1-3-6-4(2)5/h2,8H,1,3-7H2;3H,1H2,2H3. The summed E-state index contributed by atoms with van der Waals surface area (Å²) in [6.07, 6.45) is 9.65. The highest BCUT2D eigenvalue weighted by atomic mass is 16.5. The van der Waals surface area contributed by atoms with Crippen LogP contribution in [-0.4, -0.2) is 12.1 Å². The maximum atomic E-state index is 9.75. The highest BCUT2D eigenvalue weighted by Crippen LogP contribution is 2.19. The fraction of sp³-hybridized carbons (Fsp3) is 0.583. The number of ether oxygens (including phenoxy) is 2. The molecule has 3 heteroatoms. The van der Waals surface area contributed by atoms with Gasteiger partial charge >= 0.3 is 5.97 Å². The lowest BCUT2D eigenvalue weighted by atomic mass is 9.98. The van der Waals surface area contributed by atoms with E-state index < -0.39 is 0 Å². The number of esters is 1. The van der Waals surface area contributed by atoms with Crippen LogP contribution < -0.4 is 0 Å². The summed E-state index contributed by atoms with van der Waals surface area (Å²) in [5, 5.41) is 0. The zero-order valence-electron chi connectivity index (χ0n) is 9.41. The van der Waals surface area contributed by atoms with Crippen LogP contribution in [0.25, 0.3) is 0 Å². The molecule has 1 fully saturated rings. The molecule has 0 aromatic heterocycles. The molecule has 1 rings (SSSR count). The molecule has 0 bridgehead atoms. The Hall–Kier alpha value is -1.25. The molecule has 15 heavy (non-hydrogen) atoms. The van der Waals surface area contributed by atoms with E-state index in [0.717, 1.165) is 6.26 Å². The van der Waals surface area contributed by atoms with Gasteiger partial charge in [0.1, 0.15) is 0 Å². The molecular weight excluding hydrogens is 192 g/mol. The minimum absolute atomic E-state index is 0.329. The lowest BCUT2D eigenvalue weighted by Gasteiger charge is -2.20. The second kappa shape index (κ2) is 9.31. The van der Waals surface area contributed by atoms with Gasteiger partial charge in [0.15, 0.2) is 0 Å². The van der Waals surface area contributed by atoms with E-state index in [1.54, 1.807) is 6.26 Å². The van der Waals surface area contributed by atoms with Gasteiger partial charge in [-0.2, -0.15) is 0 Å². The third-order valence-electron chi connectivity index (χ3n) is 2.09. The quantitative estimate of drug-likeness (QED) is 0.532. The zero-order valence-corrected chi connectivity index (χ0v) is 9.41. The molecule has 1 saturated carbocycles. The molecule has 0 amide bonds. The zero-order chi connectivity index (χ0) is 11.5. The van der Waals surface area contributed by atoms with Crippen LogP contribution in [0.1, 0.15) is 39.0 Å². The Morgan fingerprint density at radius 3 is 2.13 bits per heavy atom. The van der Waals surface area contributed by atoms with Crippen LogP contribution in [-0.2, 0) is 14.3 Å². The molecular formula is C12H20O3. The summed E-state index contributed by atoms with van der Waals surface area (Å²) < 4.78 is 9.41. The van der Waals surface area contributed by atoms with Crippen LogP contribution in [0.5, 0.6) is 0 Å². The molecule has 0 saturated heterocycles. The van der Waals surface area contributed by atoms with E-state index in [2.05, 4.69) is 17.9 Å². The van der Waals surface area contributed by atoms with Crippen molar-refractivity contribution >= 4 is 5.97 Å². The Morgan fingerprint density at radius 1 is 1.20 bits per heavy atom. The second-order valence-electron chi connectivity index (χ2n) is 3.34. The van der Waals surface area contributed by atoms with Crippen molar-refractivity contribution in [2.75, 3.05) is 0 Å². The van der Waals surface area contributed by atoms with Crippen molar-refractivity contribution in [2.24, 2.45) is 0 Å². The summed E-state index contributed by atoms with van der Waals surface area (Å²) in [4.78, 5) is 9.75. The molecule has 0 aromatic carbocycles. The predicted molar refractivity (Wildman–Crippen MR) is 60.1 cm³/mol. The monoisotopic (exact) mass is 212 g/mol. The molecule has 0 spiro atoms. The molecule has 0 aromatic rings. The normalized spacial score (nSPS) is 15.5. The lowest BCUT2D eigenvalue weighted by molar-refractivity contribution is -0.135. The summed E-state index contributed by atoms with van der Waals surface area (Å²) in [6.45, 7) is 8.01. The lowest BCUT2D eigenvalue weighted by Crippen LogP contribution is -2.13. The van der Waals surface area contributed by atoms with Crippen LogP contribution in [0.3, 0.4) is 0 Å². The SMILES string of the molecule is C=COC(C)=O.C=COC1CCCCC1. The van der Waals surface area contributed by atoms with Gasteiger partial charge in [0.25, 0.3) is 0 Å². The number of carbonyl (C=O) groups is 1. The van der Waals surface area contributed by atoms with Crippen molar-refractivity contribution in [3.05, 3.63) is 25.7 Å². The van der Waals surface area contributed by atoms with E-state index in [1.807, 2.05) is 0 Å². The summed E-state index contributed by atoms with van der Waals surface area (Å²) in [7, 11) is 0. The van der Waals surface area contributed by atoms with E-state index in [4.69, 9.17) is 4.74 Å². The van der Waals surface area contributed by atoms with E-state index in [0.29, 0.717) is 6.10 Å². The summed E-state index contributed by atoms with van der Waals surface area (Å²) in [6, 6.07) is 0. The third kappa shape index (κ3) is 9.06. The van der Waals surface area contributed by atoms with Crippen molar-refractivity contribution in [3.63, 3.8) is 0 Å². The van der Waals surface area contributed by atoms with Crippen molar-refractivity contribution < 1.29 is 14.3 Å². The number of rotatable bonds is 3. The number of hydrogen-bond donors (Lipinski definition) is 0. The maximum Gasteiger partial charge on any atom is 0.307 e. The van der Waals surface area contributed by atoms with Gasteiger partial charge in [-0.1, -0.05) is 19.6 Å². The first-order chi connectivity index (χ1) is 7.20. The smallest absolute Gasteiger partial charge is 0.307 e. The first kappa shape index (κ1) is 13.8. The maximum absolute atomic E-state index is 9.75. The Morgan fingerprint density at radius 2 is 1.80 bits per heavy atom. The second-order valence-corrected chi connectivity index (χ2v) is 3.34. The van der Waals surface area contributed by atoms with Crippen molar-refractivity contribution in [1.29, 1.82) is 0 Å². The average Bonchev–Trinajstić information content (AvgIpc) is 2.20. The van der Waals surface area contributed by atoms with Crippen molar-refractivity contribution in [3.8, 4) is 0 Å². The fourth-order valence-corrected chi connectivity index (χ4v) is 1.45. The van der Waals surface area contributed by atoms with Gasteiger partial charge in [-0.05, 0) is 25.7 Å². The topological polar surface area (TPSA) is 35.5 Å². The van der Waals surface area contributed by atoms with Crippen LogP contribution >= 0.6 is 0 Å². The first-order valence-corrected chi connectivity index (χ1v) is 5.25. The van der Waals surface area contributed by atoms with Gasteiger partial charge in [0.05, 0.1) is 18.6 Å². The van der Waals surface area contributed by atoms with Gasteiger partial charge < -0.3 is 9.47 Å². The van der Waals surface area contributed by atoms with E-state index in [9.17, 15) is 4.79 Å². The molecule has 0 heterocycles. The van der Waals surface area contributed by atoms with E-state index >= 15 is 0 Å². The molecule has 0 aliphatic heterocycles. The average molecular weight is 212 g/mol. The number of carbonyl (C=O) groups excluding carboxylic acids is 1. The fourth-order valence-electron chi connectivity index (χ4n) is 1.45. The first-order valence-electron chi connectivity index (χ1n) is 5.25. The van der Waals surface area contributed by atoms with Crippen LogP contribution in [0, 0.1) is 0 Å². The molecule has 86 valence electrons. The highest BCUT2D eigenvalue weighted by molar-refractivity contribution is 5.66. The molecule has 0 unspecified atom stereocenters. The Labute approximate surface area is 91.8 Å². The Kier molecular flexibility index (Phi) is 8.53. The number of hydrogen-bond acceptors (Lipinski definition) is 3. The minimum Gasteiger partial charge on any atom is -0.499 e. The van der Waals surface area contributed by atoms with E-state index in [-0.39, 0.29) is 5.97 Å². The van der Waals surface area contributed by atoms with Crippen LogP contribution in [0.4, 0.5) is 0 Å². The molecule has 1 aliphatic carbocycles. The molecule has 3 nitrogen and oxygen atoms in total. The van der Waals surface area contributed by atoms with Crippen molar-refractivity contribution in [1.82, 2.24) is 0 Å². The van der Waals surface area contributed by atoms with Gasteiger partial charge in [-0.15, -0.1) is 0 Å². The van der Waals surface area contributed by atoms with Crippen molar-refractivity contribution in [2.45, 2.75) is 45.1 Å². The minimum atomic E-state index is -0.329. The molecule has 0 N–H and O–H groups in total. The molecule has 0 atom stereocenters. The summed E-state index contributed by atoms with van der Waals surface area (Å²) >= 11 is 0. The summed E-state index contributed by atoms with van der Waals surface area (Å²) in [5.41, 5.74) is 0. The Bertz CT molecular complexity index is 193. The largest absolute Gasteiger partial charge is 0.499 e. The highest BCUT2D eigenvalue weighted by Gasteiger charge is 2.11.